The van der Waals surface area contributed by atoms with E-state index in [-0.39, 0.29) is 0 Å². The molecule has 31 heavy (non-hydrogen) atoms. The average molecular weight is 419 g/mol. The van der Waals surface area contributed by atoms with Gasteiger partial charge in [0.05, 0.1) is 18.4 Å². The third-order valence-corrected chi connectivity index (χ3v) is 4.60. The number of para-hydroxylation sites is 1. The standard InChI is InChI=1S/C25H25NO5/c1-17-9-14-23(29-3)22(15-17)26-24(27)18(2)31-25(28)20-12-10-19(11-13-20)16-30-21-7-5-4-6-8-21/h4-15,18H,16H2,1-3H3,(H,26,27)/t18-/m1/s1. The van der Waals surface area contributed by atoms with E-state index < -0.39 is 18.0 Å². The zero-order valence-corrected chi connectivity index (χ0v) is 17.8. The number of carbonyl (C=O) groups excluding carboxylic acids is 2. The summed E-state index contributed by atoms with van der Waals surface area (Å²) in [5, 5.41) is 2.74. The molecule has 0 radical (unpaired) electrons. The highest BCUT2D eigenvalue weighted by molar-refractivity contribution is 5.98. The Hall–Kier alpha value is -3.80. The number of hydrogen-bond donors (Lipinski definition) is 1. The van der Waals surface area contributed by atoms with Crippen LogP contribution in [0.15, 0.2) is 72.8 Å². The van der Waals surface area contributed by atoms with Crippen LogP contribution >= 0.6 is 0 Å². The second kappa shape index (κ2) is 10.3. The van der Waals surface area contributed by atoms with Crippen molar-refractivity contribution in [3.8, 4) is 11.5 Å². The molecule has 0 unspecified atom stereocenters. The van der Waals surface area contributed by atoms with Gasteiger partial charge in [-0.1, -0.05) is 36.4 Å². The van der Waals surface area contributed by atoms with Crippen LogP contribution in [0.2, 0.25) is 0 Å². The quantitative estimate of drug-likeness (QED) is 0.533. The molecule has 0 spiro atoms. The molecule has 6 nitrogen and oxygen atoms in total. The summed E-state index contributed by atoms with van der Waals surface area (Å²) in [6.45, 7) is 3.82. The van der Waals surface area contributed by atoms with Crippen molar-refractivity contribution < 1.29 is 23.8 Å². The van der Waals surface area contributed by atoms with Crippen LogP contribution in [0.3, 0.4) is 0 Å². The Morgan fingerprint density at radius 2 is 1.68 bits per heavy atom. The Labute approximate surface area is 181 Å². The first-order chi connectivity index (χ1) is 15.0. The minimum absolute atomic E-state index is 0.358. The molecule has 0 heterocycles. The molecule has 0 aliphatic carbocycles. The molecule has 0 saturated heterocycles. The Morgan fingerprint density at radius 3 is 2.35 bits per heavy atom. The second-order valence-corrected chi connectivity index (χ2v) is 7.04. The maximum atomic E-state index is 12.5. The molecule has 0 aliphatic heterocycles. The van der Waals surface area contributed by atoms with Gasteiger partial charge in [0, 0.05) is 0 Å². The minimum atomic E-state index is -0.973. The van der Waals surface area contributed by atoms with Crippen LogP contribution in [0.5, 0.6) is 11.5 Å². The lowest BCUT2D eigenvalue weighted by molar-refractivity contribution is -0.123. The summed E-state index contributed by atoms with van der Waals surface area (Å²) in [6, 6.07) is 21.8. The van der Waals surface area contributed by atoms with Crippen molar-refractivity contribution in [2.75, 3.05) is 12.4 Å². The van der Waals surface area contributed by atoms with E-state index in [1.54, 1.807) is 36.4 Å². The van der Waals surface area contributed by atoms with Gasteiger partial charge in [0.1, 0.15) is 18.1 Å². The number of esters is 1. The molecule has 6 heteroatoms. The number of rotatable bonds is 8. The fourth-order valence-electron chi connectivity index (χ4n) is 2.86. The van der Waals surface area contributed by atoms with Crippen LogP contribution in [0.4, 0.5) is 5.69 Å². The Balaban J connectivity index is 1.55. The highest BCUT2D eigenvalue weighted by Crippen LogP contribution is 2.25. The fraction of sp³-hybridized carbons (Fsp3) is 0.200. The van der Waals surface area contributed by atoms with Crippen LogP contribution in [0.25, 0.3) is 0 Å². The van der Waals surface area contributed by atoms with Gasteiger partial charge in [0.15, 0.2) is 6.10 Å². The topological polar surface area (TPSA) is 73.9 Å². The monoisotopic (exact) mass is 419 g/mol. The predicted octanol–water partition coefficient (Wildman–Crippen LogP) is 4.77. The fourth-order valence-corrected chi connectivity index (χ4v) is 2.86. The molecule has 0 aromatic heterocycles. The zero-order valence-electron chi connectivity index (χ0n) is 17.8. The van der Waals surface area contributed by atoms with E-state index in [4.69, 9.17) is 14.2 Å². The molecule has 1 amide bonds. The van der Waals surface area contributed by atoms with Gasteiger partial charge in [0.2, 0.25) is 0 Å². The summed E-state index contributed by atoms with van der Waals surface area (Å²) >= 11 is 0. The van der Waals surface area contributed by atoms with E-state index in [1.807, 2.05) is 43.3 Å². The number of methoxy groups -OCH3 is 1. The summed E-state index contributed by atoms with van der Waals surface area (Å²) in [5.41, 5.74) is 2.77. The van der Waals surface area contributed by atoms with E-state index in [2.05, 4.69) is 5.32 Å². The predicted molar refractivity (Wildman–Crippen MR) is 118 cm³/mol. The van der Waals surface area contributed by atoms with Gasteiger partial charge >= 0.3 is 5.97 Å². The Kier molecular flexibility index (Phi) is 7.27. The number of anilines is 1. The zero-order chi connectivity index (χ0) is 22.2. The highest BCUT2D eigenvalue weighted by atomic mass is 16.5. The van der Waals surface area contributed by atoms with Gasteiger partial charge in [-0.05, 0) is 61.4 Å². The number of amides is 1. The maximum absolute atomic E-state index is 12.5. The Morgan fingerprint density at radius 1 is 0.968 bits per heavy atom. The average Bonchev–Trinajstić information content (AvgIpc) is 2.78. The summed E-state index contributed by atoms with van der Waals surface area (Å²) in [4.78, 5) is 24.9. The molecule has 0 bridgehead atoms. The van der Waals surface area contributed by atoms with Gasteiger partial charge in [-0.2, -0.15) is 0 Å². The van der Waals surface area contributed by atoms with Gasteiger partial charge in [-0.15, -0.1) is 0 Å². The van der Waals surface area contributed by atoms with Crippen molar-refractivity contribution in [2.24, 2.45) is 0 Å². The molecule has 0 aliphatic rings. The van der Waals surface area contributed by atoms with Crippen molar-refractivity contribution >= 4 is 17.6 Å². The van der Waals surface area contributed by atoms with Crippen molar-refractivity contribution in [1.29, 1.82) is 0 Å². The molecule has 3 rings (SSSR count). The largest absolute Gasteiger partial charge is 0.495 e. The number of benzene rings is 3. The molecule has 1 N–H and O–H groups in total. The highest BCUT2D eigenvalue weighted by Gasteiger charge is 2.20. The summed E-state index contributed by atoms with van der Waals surface area (Å²) in [6.07, 6.45) is -0.973. The number of hydrogen-bond acceptors (Lipinski definition) is 5. The first-order valence-electron chi connectivity index (χ1n) is 9.89. The molecule has 0 saturated carbocycles. The minimum Gasteiger partial charge on any atom is -0.495 e. The van der Waals surface area contributed by atoms with Crippen LogP contribution in [0, 0.1) is 6.92 Å². The van der Waals surface area contributed by atoms with E-state index in [9.17, 15) is 9.59 Å². The molecule has 3 aromatic rings. The third-order valence-electron chi connectivity index (χ3n) is 4.60. The lowest BCUT2D eigenvalue weighted by Crippen LogP contribution is -2.30. The van der Waals surface area contributed by atoms with Gasteiger partial charge < -0.3 is 19.5 Å². The maximum Gasteiger partial charge on any atom is 0.338 e. The second-order valence-electron chi connectivity index (χ2n) is 7.04. The Bertz CT molecular complexity index is 1030. The van der Waals surface area contributed by atoms with E-state index in [1.165, 1.54) is 14.0 Å². The normalized spacial score (nSPS) is 11.3. The third kappa shape index (κ3) is 6.09. The first-order valence-corrected chi connectivity index (χ1v) is 9.89. The van der Waals surface area contributed by atoms with Gasteiger partial charge in [-0.3, -0.25) is 4.79 Å². The van der Waals surface area contributed by atoms with E-state index >= 15 is 0 Å². The molecular formula is C25H25NO5. The van der Waals surface area contributed by atoms with Crippen LogP contribution in [0.1, 0.15) is 28.4 Å². The van der Waals surface area contributed by atoms with Crippen molar-refractivity contribution in [3.05, 3.63) is 89.5 Å². The smallest absolute Gasteiger partial charge is 0.338 e. The molecule has 160 valence electrons. The van der Waals surface area contributed by atoms with Gasteiger partial charge in [-0.25, -0.2) is 4.79 Å². The van der Waals surface area contributed by atoms with E-state index in [0.29, 0.717) is 23.6 Å². The number of aryl methyl sites for hydroxylation is 1. The lowest BCUT2D eigenvalue weighted by Gasteiger charge is -2.16. The molecule has 1 atom stereocenters. The van der Waals surface area contributed by atoms with Crippen molar-refractivity contribution in [2.45, 2.75) is 26.6 Å². The van der Waals surface area contributed by atoms with Crippen molar-refractivity contribution in [3.63, 3.8) is 0 Å². The first kappa shape index (κ1) is 21.9. The molecular weight excluding hydrogens is 394 g/mol. The summed E-state index contributed by atoms with van der Waals surface area (Å²) in [5.74, 6) is 0.293. The van der Waals surface area contributed by atoms with E-state index in [0.717, 1.165) is 16.9 Å². The summed E-state index contributed by atoms with van der Waals surface area (Å²) < 4.78 is 16.3. The number of ether oxygens (including phenoxy) is 3. The van der Waals surface area contributed by atoms with Gasteiger partial charge in [0.25, 0.3) is 5.91 Å². The SMILES string of the molecule is COc1ccc(C)cc1NC(=O)[C@@H](C)OC(=O)c1ccc(COc2ccccc2)cc1. The van der Waals surface area contributed by atoms with Crippen LogP contribution < -0.4 is 14.8 Å². The molecule has 3 aromatic carbocycles. The van der Waals surface area contributed by atoms with Crippen LogP contribution in [-0.4, -0.2) is 25.1 Å². The lowest BCUT2D eigenvalue weighted by atomic mass is 10.1. The van der Waals surface area contributed by atoms with Crippen molar-refractivity contribution in [1.82, 2.24) is 0 Å². The van der Waals surface area contributed by atoms with Crippen LogP contribution in [-0.2, 0) is 16.1 Å². The summed E-state index contributed by atoms with van der Waals surface area (Å²) in [7, 11) is 1.53. The molecule has 0 fully saturated rings. The number of nitrogens with one attached hydrogen (secondary N) is 1. The number of carbonyl (C=O) groups is 2.